The van der Waals surface area contributed by atoms with Crippen LogP contribution in [0.25, 0.3) is 0 Å². The maximum Gasteiger partial charge on any atom is 0.236 e. The summed E-state index contributed by atoms with van der Waals surface area (Å²) in [6.07, 6.45) is 3.74. The monoisotopic (exact) mass is 331 g/mol. The minimum atomic E-state index is 0.290. The van der Waals surface area contributed by atoms with Gasteiger partial charge in [0.05, 0.1) is 13.7 Å². The van der Waals surface area contributed by atoms with Crippen molar-refractivity contribution < 1.29 is 9.53 Å². The number of likely N-dealkylation sites (tertiary alicyclic amines) is 1. The summed E-state index contributed by atoms with van der Waals surface area (Å²) in [4.78, 5) is 19.3. The number of hydrogen-bond acceptors (Lipinski definition) is 4. The predicted molar refractivity (Wildman–Crippen MR) is 96.7 cm³/mol. The van der Waals surface area contributed by atoms with Gasteiger partial charge in [0.15, 0.2) is 0 Å². The highest BCUT2D eigenvalue weighted by Crippen LogP contribution is 2.21. The molecular weight excluding hydrogens is 302 g/mol. The first-order valence-electron chi connectivity index (χ1n) is 9.08. The third-order valence-electron chi connectivity index (χ3n) is 5.35. The lowest BCUT2D eigenvalue weighted by atomic mass is 10.0. The number of methoxy groups -OCH3 is 1. The summed E-state index contributed by atoms with van der Waals surface area (Å²) in [5, 5.41) is 0. The number of piperazine rings is 1. The summed E-state index contributed by atoms with van der Waals surface area (Å²) in [5.74, 6) is 1.17. The highest BCUT2D eigenvalue weighted by Gasteiger charge is 2.25. The Morgan fingerprint density at radius 1 is 1.08 bits per heavy atom. The second-order valence-corrected chi connectivity index (χ2v) is 6.88. The molecule has 1 aromatic rings. The maximum atomic E-state index is 12.6. The smallest absolute Gasteiger partial charge is 0.236 e. The van der Waals surface area contributed by atoms with E-state index in [1.165, 1.54) is 24.9 Å². The van der Waals surface area contributed by atoms with E-state index >= 15 is 0 Å². The van der Waals surface area contributed by atoms with Crippen LogP contribution in [0.15, 0.2) is 24.3 Å². The fourth-order valence-corrected chi connectivity index (χ4v) is 3.67. The molecular formula is C19H29N3O2. The van der Waals surface area contributed by atoms with Gasteiger partial charge in [-0.15, -0.1) is 0 Å². The molecule has 2 saturated heterocycles. The van der Waals surface area contributed by atoms with Crippen LogP contribution in [-0.2, 0) is 4.79 Å². The Morgan fingerprint density at radius 3 is 2.42 bits per heavy atom. The number of carbonyl (C=O) groups is 1. The van der Waals surface area contributed by atoms with Gasteiger partial charge in [0.25, 0.3) is 0 Å². The summed E-state index contributed by atoms with van der Waals surface area (Å²) in [6, 6.07) is 8.70. The zero-order chi connectivity index (χ0) is 16.9. The topological polar surface area (TPSA) is 36.0 Å². The molecule has 0 bridgehead atoms. The molecule has 0 N–H and O–H groups in total. The molecule has 132 valence electrons. The SMILES string of the molecule is COc1ccc(N2CCN(C(=O)CN3CCCCC3C)CC2)cc1. The zero-order valence-electron chi connectivity index (χ0n) is 14.9. The van der Waals surface area contributed by atoms with E-state index in [1.54, 1.807) is 7.11 Å². The average Bonchev–Trinajstić information content (AvgIpc) is 2.64. The highest BCUT2D eigenvalue weighted by molar-refractivity contribution is 5.78. The Kier molecular flexibility index (Phi) is 5.61. The van der Waals surface area contributed by atoms with E-state index in [0.717, 1.165) is 38.5 Å². The molecule has 5 heteroatoms. The molecule has 1 amide bonds. The third kappa shape index (κ3) is 4.01. The molecule has 2 aliphatic rings. The molecule has 0 aromatic heterocycles. The Bertz CT molecular complexity index is 538. The summed E-state index contributed by atoms with van der Waals surface area (Å²) >= 11 is 0. The van der Waals surface area contributed by atoms with Crippen LogP contribution in [0.2, 0.25) is 0 Å². The summed E-state index contributed by atoms with van der Waals surface area (Å²) in [5.41, 5.74) is 1.20. The molecule has 0 radical (unpaired) electrons. The van der Waals surface area contributed by atoms with Crippen LogP contribution < -0.4 is 9.64 Å². The maximum absolute atomic E-state index is 12.6. The quantitative estimate of drug-likeness (QED) is 0.848. The van der Waals surface area contributed by atoms with Crippen molar-refractivity contribution in [1.29, 1.82) is 0 Å². The number of nitrogens with zero attached hydrogens (tertiary/aromatic N) is 3. The van der Waals surface area contributed by atoms with Crippen molar-refractivity contribution in [2.75, 3.05) is 51.3 Å². The van der Waals surface area contributed by atoms with E-state index in [0.29, 0.717) is 12.6 Å². The van der Waals surface area contributed by atoms with Crippen molar-refractivity contribution in [3.05, 3.63) is 24.3 Å². The molecule has 1 atom stereocenters. The van der Waals surface area contributed by atoms with Crippen LogP contribution >= 0.6 is 0 Å². The summed E-state index contributed by atoms with van der Waals surface area (Å²) < 4.78 is 5.21. The van der Waals surface area contributed by atoms with Crippen LogP contribution in [0.4, 0.5) is 5.69 Å². The van der Waals surface area contributed by atoms with E-state index in [-0.39, 0.29) is 5.91 Å². The zero-order valence-corrected chi connectivity index (χ0v) is 14.9. The lowest BCUT2D eigenvalue weighted by Gasteiger charge is -2.38. The van der Waals surface area contributed by atoms with Gasteiger partial charge in [-0.05, 0) is 50.6 Å². The molecule has 5 nitrogen and oxygen atoms in total. The normalized spacial score (nSPS) is 22.5. The van der Waals surface area contributed by atoms with Gasteiger partial charge in [-0.25, -0.2) is 0 Å². The Morgan fingerprint density at radius 2 is 1.79 bits per heavy atom. The number of rotatable bonds is 4. The number of piperidine rings is 1. The second kappa shape index (κ2) is 7.88. The summed E-state index contributed by atoms with van der Waals surface area (Å²) in [7, 11) is 1.68. The van der Waals surface area contributed by atoms with Crippen LogP contribution in [0.5, 0.6) is 5.75 Å². The van der Waals surface area contributed by atoms with Crippen molar-refractivity contribution in [2.24, 2.45) is 0 Å². The van der Waals surface area contributed by atoms with Crippen LogP contribution in [-0.4, -0.2) is 68.1 Å². The molecule has 0 aliphatic carbocycles. The van der Waals surface area contributed by atoms with Crippen molar-refractivity contribution in [3.63, 3.8) is 0 Å². The number of hydrogen-bond donors (Lipinski definition) is 0. The van der Waals surface area contributed by atoms with Gasteiger partial charge in [-0.2, -0.15) is 0 Å². The molecule has 3 rings (SSSR count). The number of benzene rings is 1. The molecule has 2 heterocycles. The first-order valence-corrected chi connectivity index (χ1v) is 9.08. The van der Waals surface area contributed by atoms with Gasteiger partial charge < -0.3 is 14.5 Å². The Balaban J connectivity index is 1.49. The third-order valence-corrected chi connectivity index (χ3v) is 5.35. The molecule has 2 fully saturated rings. The lowest BCUT2D eigenvalue weighted by molar-refractivity contribution is -0.133. The number of amides is 1. The number of ether oxygens (including phenoxy) is 1. The molecule has 0 saturated carbocycles. The highest BCUT2D eigenvalue weighted by atomic mass is 16.5. The van der Waals surface area contributed by atoms with Gasteiger partial charge >= 0.3 is 0 Å². The van der Waals surface area contributed by atoms with Crippen molar-refractivity contribution in [2.45, 2.75) is 32.2 Å². The summed E-state index contributed by atoms with van der Waals surface area (Å²) in [6.45, 7) is 7.32. The van der Waals surface area contributed by atoms with Crippen LogP contribution in [0.1, 0.15) is 26.2 Å². The molecule has 1 unspecified atom stereocenters. The van der Waals surface area contributed by atoms with E-state index in [9.17, 15) is 4.79 Å². The standard InChI is InChI=1S/C19H29N3O2/c1-16-5-3-4-10-22(16)15-19(23)21-13-11-20(12-14-21)17-6-8-18(24-2)9-7-17/h6-9,16H,3-5,10-15H2,1-2H3. The van der Waals surface area contributed by atoms with Gasteiger partial charge in [0.1, 0.15) is 5.75 Å². The number of anilines is 1. The van der Waals surface area contributed by atoms with E-state index in [1.807, 2.05) is 17.0 Å². The predicted octanol–water partition coefficient (Wildman–Crippen LogP) is 2.22. The van der Waals surface area contributed by atoms with Gasteiger partial charge in [0, 0.05) is 37.9 Å². The average molecular weight is 331 g/mol. The van der Waals surface area contributed by atoms with E-state index < -0.39 is 0 Å². The van der Waals surface area contributed by atoms with Crippen molar-refractivity contribution in [3.8, 4) is 5.75 Å². The van der Waals surface area contributed by atoms with Crippen LogP contribution in [0.3, 0.4) is 0 Å². The van der Waals surface area contributed by atoms with E-state index in [2.05, 4.69) is 28.9 Å². The van der Waals surface area contributed by atoms with Crippen LogP contribution in [0, 0.1) is 0 Å². The molecule has 0 spiro atoms. The van der Waals surface area contributed by atoms with Gasteiger partial charge in [0.2, 0.25) is 5.91 Å². The first-order chi connectivity index (χ1) is 11.7. The molecule has 24 heavy (non-hydrogen) atoms. The van der Waals surface area contributed by atoms with Crippen molar-refractivity contribution >= 4 is 11.6 Å². The minimum absolute atomic E-state index is 0.290. The minimum Gasteiger partial charge on any atom is -0.497 e. The Hall–Kier alpha value is -1.75. The first kappa shape index (κ1) is 17.1. The largest absolute Gasteiger partial charge is 0.497 e. The second-order valence-electron chi connectivity index (χ2n) is 6.88. The van der Waals surface area contributed by atoms with Gasteiger partial charge in [-0.1, -0.05) is 6.42 Å². The lowest BCUT2D eigenvalue weighted by Crippen LogP contribution is -2.52. The molecule has 2 aliphatic heterocycles. The van der Waals surface area contributed by atoms with Crippen molar-refractivity contribution in [1.82, 2.24) is 9.80 Å². The Labute approximate surface area is 145 Å². The fraction of sp³-hybridized carbons (Fsp3) is 0.632. The molecule has 1 aromatic carbocycles. The number of carbonyl (C=O) groups excluding carboxylic acids is 1. The van der Waals surface area contributed by atoms with Gasteiger partial charge in [-0.3, -0.25) is 9.69 Å². The fourth-order valence-electron chi connectivity index (χ4n) is 3.67. The van der Waals surface area contributed by atoms with E-state index in [4.69, 9.17) is 4.74 Å².